The van der Waals surface area contributed by atoms with Gasteiger partial charge in [-0.2, -0.15) is 0 Å². The normalized spacial score (nSPS) is 10.6. The number of hydrogen-bond donors (Lipinski definition) is 2. The molecule has 0 fully saturated rings. The van der Waals surface area contributed by atoms with Crippen molar-refractivity contribution in [2.75, 3.05) is 5.32 Å². The molecule has 3 aromatic rings. The second-order valence-corrected chi connectivity index (χ2v) is 3.92. The number of hydrogen-bond acceptors (Lipinski definition) is 2. The first kappa shape index (κ1) is 9.90. The van der Waals surface area contributed by atoms with Gasteiger partial charge in [0.05, 0.1) is 12.1 Å². The van der Waals surface area contributed by atoms with Crippen molar-refractivity contribution in [3.8, 4) is 0 Å². The van der Waals surface area contributed by atoms with Gasteiger partial charge in [-0.1, -0.05) is 6.07 Å². The van der Waals surface area contributed by atoms with Crippen molar-refractivity contribution in [2.45, 2.75) is 6.54 Å². The molecule has 0 unspecified atom stereocenters. The van der Waals surface area contributed by atoms with E-state index in [9.17, 15) is 0 Å². The Bertz CT molecular complexity index is 609. The van der Waals surface area contributed by atoms with Gasteiger partial charge in [-0.25, -0.2) is 0 Å². The molecule has 0 aliphatic rings. The van der Waals surface area contributed by atoms with Crippen LogP contribution in [0, 0.1) is 0 Å². The van der Waals surface area contributed by atoms with Crippen molar-refractivity contribution in [1.29, 1.82) is 0 Å². The number of H-pyrrole nitrogens is 1. The van der Waals surface area contributed by atoms with Gasteiger partial charge >= 0.3 is 0 Å². The van der Waals surface area contributed by atoms with Crippen molar-refractivity contribution in [1.82, 2.24) is 9.97 Å². The summed E-state index contributed by atoms with van der Waals surface area (Å²) in [4.78, 5) is 7.52. The smallest absolute Gasteiger partial charge is 0.0722 e. The maximum Gasteiger partial charge on any atom is 0.0722 e. The van der Waals surface area contributed by atoms with E-state index in [0.29, 0.717) is 0 Å². The van der Waals surface area contributed by atoms with Crippen LogP contribution in [0.25, 0.3) is 10.9 Å². The van der Waals surface area contributed by atoms with Gasteiger partial charge < -0.3 is 10.3 Å². The summed E-state index contributed by atoms with van der Waals surface area (Å²) in [5, 5.41) is 4.57. The summed E-state index contributed by atoms with van der Waals surface area (Å²) in [6, 6.07) is 14.2. The van der Waals surface area contributed by atoms with Gasteiger partial charge in [0, 0.05) is 29.2 Å². The molecule has 2 aromatic heterocycles. The van der Waals surface area contributed by atoms with Crippen molar-refractivity contribution in [3.05, 3.63) is 60.6 Å². The molecule has 0 radical (unpaired) electrons. The monoisotopic (exact) mass is 223 g/mol. The van der Waals surface area contributed by atoms with Crippen molar-refractivity contribution in [3.63, 3.8) is 0 Å². The largest absolute Gasteiger partial charge is 0.379 e. The van der Waals surface area contributed by atoms with E-state index in [1.807, 2.05) is 36.7 Å². The van der Waals surface area contributed by atoms with E-state index >= 15 is 0 Å². The summed E-state index contributed by atoms with van der Waals surface area (Å²) >= 11 is 0. The lowest BCUT2D eigenvalue weighted by molar-refractivity contribution is 1.08. The molecule has 0 bridgehead atoms. The third-order valence-electron chi connectivity index (χ3n) is 2.78. The van der Waals surface area contributed by atoms with Crippen LogP contribution in [0.2, 0.25) is 0 Å². The lowest BCUT2D eigenvalue weighted by Gasteiger charge is -2.08. The molecule has 2 N–H and O–H groups in total. The summed E-state index contributed by atoms with van der Waals surface area (Å²) < 4.78 is 0. The first-order valence-electron chi connectivity index (χ1n) is 5.63. The Balaban J connectivity index is 1.90. The van der Waals surface area contributed by atoms with Gasteiger partial charge in [-0.15, -0.1) is 0 Å². The topological polar surface area (TPSA) is 40.7 Å². The zero-order valence-corrected chi connectivity index (χ0v) is 9.35. The third-order valence-corrected chi connectivity index (χ3v) is 2.78. The van der Waals surface area contributed by atoms with Crippen LogP contribution in [-0.2, 0) is 6.54 Å². The van der Waals surface area contributed by atoms with Gasteiger partial charge in [0.2, 0.25) is 0 Å². The van der Waals surface area contributed by atoms with Crippen LogP contribution in [0.15, 0.2) is 54.9 Å². The Hall–Kier alpha value is -2.29. The predicted octanol–water partition coefficient (Wildman–Crippen LogP) is 3.18. The van der Waals surface area contributed by atoms with E-state index in [1.165, 1.54) is 5.69 Å². The van der Waals surface area contributed by atoms with Crippen LogP contribution in [0.1, 0.15) is 5.69 Å². The Morgan fingerprint density at radius 3 is 2.94 bits per heavy atom. The first-order chi connectivity index (χ1) is 8.43. The minimum absolute atomic E-state index is 0.793. The fourth-order valence-corrected chi connectivity index (χ4v) is 1.93. The van der Waals surface area contributed by atoms with E-state index < -0.39 is 0 Å². The molecule has 3 heteroatoms. The Morgan fingerprint density at radius 2 is 2.06 bits per heavy atom. The second kappa shape index (κ2) is 4.29. The summed E-state index contributed by atoms with van der Waals surface area (Å²) in [5.41, 5.74) is 3.31. The molecular weight excluding hydrogens is 210 g/mol. The molecule has 1 aromatic carbocycles. The molecule has 0 aliphatic carbocycles. The van der Waals surface area contributed by atoms with E-state index in [-0.39, 0.29) is 0 Å². The highest BCUT2D eigenvalue weighted by atomic mass is 14.9. The highest BCUT2D eigenvalue weighted by Gasteiger charge is 2.00. The molecule has 84 valence electrons. The Kier molecular flexibility index (Phi) is 2.50. The van der Waals surface area contributed by atoms with Crippen LogP contribution in [0.5, 0.6) is 0 Å². The number of nitrogens with one attached hydrogen (secondary N) is 2. The number of fused-ring (bicyclic) bond motifs is 1. The molecule has 0 amide bonds. The third kappa shape index (κ3) is 1.99. The maximum absolute atomic E-state index is 4.34. The van der Waals surface area contributed by atoms with E-state index in [4.69, 9.17) is 0 Å². The average Bonchev–Trinajstić information content (AvgIpc) is 2.89. The number of pyridine rings is 1. The quantitative estimate of drug-likeness (QED) is 0.716. The van der Waals surface area contributed by atoms with Crippen LogP contribution in [0.3, 0.4) is 0 Å². The predicted molar refractivity (Wildman–Crippen MR) is 69.9 cm³/mol. The zero-order chi connectivity index (χ0) is 11.5. The number of aromatic amines is 1. The molecule has 0 saturated carbocycles. The minimum atomic E-state index is 0.793. The highest BCUT2D eigenvalue weighted by molar-refractivity contribution is 5.91. The van der Waals surface area contributed by atoms with Crippen LogP contribution >= 0.6 is 0 Å². The Morgan fingerprint density at radius 1 is 1.06 bits per heavy atom. The lowest BCUT2D eigenvalue weighted by Crippen LogP contribution is -2.00. The van der Waals surface area contributed by atoms with Gasteiger partial charge in [-0.3, -0.25) is 4.98 Å². The number of benzene rings is 1. The summed E-state index contributed by atoms with van der Waals surface area (Å²) in [6.07, 6.45) is 3.75. The van der Waals surface area contributed by atoms with Crippen LogP contribution in [0.4, 0.5) is 5.69 Å². The van der Waals surface area contributed by atoms with Crippen LogP contribution < -0.4 is 5.32 Å². The van der Waals surface area contributed by atoms with Gasteiger partial charge in [-0.05, 0) is 36.4 Å². The van der Waals surface area contributed by atoms with Crippen molar-refractivity contribution >= 4 is 16.6 Å². The number of aromatic nitrogens is 2. The maximum atomic E-state index is 4.34. The minimum Gasteiger partial charge on any atom is -0.379 e. The number of nitrogens with zero attached hydrogens (tertiary/aromatic N) is 1. The first-order valence-corrected chi connectivity index (χ1v) is 5.63. The van der Waals surface area contributed by atoms with Crippen molar-refractivity contribution < 1.29 is 0 Å². The standard InChI is InChI=1S/C14H13N3/c1-6-13-12(5-3-9-16-13)14(7-1)17-10-11-4-2-8-15-11/h1-9,15,17H,10H2. The zero-order valence-electron chi connectivity index (χ0n) is 9.35. The molecule has 0 aliphatic heterocycles. The SMILES string of the molecule is c1c[nH]c(CNc2cccc3ncccc23)c1. The van der Waals surface area contributed by atoms with Gasteiger partial charge in [0.25, 0.3) is 0 Å². The summed E-state index contributed by atoms with van der Waals surface area (Å²) in [7, 11) is 0. The van der Waals surface area contributed by atoms with Crippen molar-refractivity contribution in [2.24, 2.45) is 0 Å². The molecule has 3 rings (SSSR count). The molecule has 17 heavy (non-hydrogen) atoms. The molecule has 3 nitrogen and oxygen atoms in total. The van der Waals surface area contributed by atoms with E-state index in [1.54, 1.807) is 0 Å². The molecule has 0 saturated heterocycles. The Labute approximate surface area is 99.5 Å². The van der Waals surface area contributed by atoms with E-state index in [0.717, 1.165) is 23.1 Å². The second-order valence-electron chi connectivity index (χ2n) is 3.92. The molecule has 0 atom stereocenters. The lowest BCUT2D eigenvalue weighted by atomic mass is 10.2. The number of anilines is 1. The van der Waals surface area contributed by atoms with Gasteiger partial charge in [0.1, 0.15) is 0 Å². The molecular formula is C14H13N3. The number of rotatable bonds is 3. The highest BCUT2D eigenvalue weighted by Crippen LogP contribution is 2.21. The van der Waals surface area contributed by atoms with Crippen LogP contribution in [-0.4, -0.2) is 9.97 Å². The fourth-order valence-electron chi connectivity index (χ4n) is 1.93. The van der Waals surface area contributed by atoms with Gasteiger partial charge in [0.15, 0.2) is 0 Å². The molecule has 0 spiro atoms. The summed E-state index contributed by atoms with van der Waals surface area (Å²) in [6.45, 7) is 0.793. The molecule has 2 heterocycles. The summed E-state index contributed by atoms with van der Waals surface area (Å²) in [5.74, 6) is 0. The fraction of sp³-hybridized carbons (Fsp3) is 0.0714. The van der Waals surface area contributed by atoms with E-state index in [2.05, 4.69) is 33.5 Å². The average molecular weight is 223 g/mol.